The van der Waals surface area contributed by atoms with E-state index in [0.717, 1.165) is 31.4 Å². The van der Waals surface area contributed by atoms with E-state index in [0.29, 0.717) is 19.7 Å². The van der Waals surface area contributed by atoms with Crippen molar-refractivity contribution in [2.75, 3.05) is 19.6 Å². The molecule has 1 aromatic carbocycles. The van der Waals surface area contributed by atoms with Crippen LogP contribution in [0.25, 0.3) is 0 Å². The molecule has 2 amide bonds. The van der Waals surface area contributed by atoms with E-state index >= 15 is 0 Å². The normalized spacial score (nSPS) is 22.5. The van der Waals surface area contributed by atoms with Crippen LogP contribution >= 0.6 is 0 Å². The summed E-state index contributed by atoms with van der Waals surface area (Å²) in [6.07, 6.45) is 2.03. The average Bonchev–Trinajstić information content (AvgIpc) is 2.93. The van der Waals surface area contributed by atoms with Crippen molar-refractivity contribution in [3.8, 4) is 0 Å². The summed E-state index contributed by atoms with van der Waals surface area (Å²) in [5, 5.41) is 0. The first-order valence-electron chi connectivity index (χ1n) is 8.17. The summed E-state index contributed by atoms with van der Waals surface area (Å²) in [5.41, 5.74) is 6.75. The number of likely N-dealkylation sites (tertiary alicyclic amines) is 2. The summed E-state index contributed by atoms with van der Waals surface area (Å²) in [4.78, 5) is 27.7. The molecule has 0 radical (unpaired) electrons. The van der Waals surface area contributed by atoms with Gasteiger partial charge >= 0.3 is 6.09 Å². The van der Waals surface area contributed by atoms with Crippen LogP contribution in [-0.2, 0) is 16.1 Å². The lowest BCUT2D eigenvalue weighted by molar-refractivity contribution is -0.131. The van der Waals surface area contributed by atoms with Crippen LogP contribution in [-0.4, -0.2) is 53.5 Å². The Kier molecular flexibility index (Phi) is 4.81. The molecule has 2 N–H and O–H groups in total. The standard InChI is InChI=1S/C17H23N3O3/c18-15-8-11-20(16(15)21)14-6-9-19(10-7-14)17(22)23-12-13-4-2-1-3-5-13/h1-5,14-15H,6-12,18H2. The maximum atomic E-state index is 12.1. The Morgan fingerprint density at radius 3 is 2.43 bits per heavy atom. The molecule has 2 fully saturated rings. The largest absolute Gasteiger partial charge is 0.445 e. The molecule has 1 unspecified atom stereocenters. The summed E-state index contributed by atoms with van der Waals surface area (Å²) < 4.78 is 5.35. The Hall–Kier alpha value is -2.08. The molecular formula is C17H23N3O3. The van der Waals surface area contributed by atoms with Gasteiger partial charge in [0.2, 0.25) is 5.91 Å². The van der Waals surface area contributed by atoms with Gasteiger partial charge in [0.05, 0.1) is 6.04 Å². The van der Waals surface area contributed by atoms with Crippen molar-refractivity contribution >= 4 is 12.0 Å². The molecule has 3 rings (SSSR count). The SMILES string of the molecule is NC1CCN(C2CCN(C(=O)OCc3ccccc3)CC2)C1=O. The lowest BCUT2D eigenvalue weighted by Crippen LogP contribution is -2.48. The number of carbonyl (C=O) groups excluding carboxylic acids is 2. The minimum atomic E-state index is -0.344. The van der Waals surface area contributed by atoms with Gasteiger partial charge in [-0.05, 0) is 24.8 Å². The Balaban J connectivity index is 1.45. The predicted molar refractivity (Wildman–Crippen MR) is 85.5 cm³/mol. The van der Waals surface area contributed by atoms with Gasteiger partial charge in [-0.3, -0.25) is 4.79 Å². The second-order valence-electron chi connectivity index (χ2n) is 6.19. The van der Waals surface area contributed by atoms with Gasteiger partial charge in [0, 0.05) is 25.7 Å². The van der Waals surface area contributed by atoms with E-state index in [1.54, 1.807) is 4.90 Å². The van der Waals surface area contributed by atoms with Crippen LogP contribution < -0.4 is 5.73 Å². The van der Waals surface area contributed by atoms with Crippen molar-refractivity contribution in [1.82, 2.24) is 9.80 Å². The average molecular weight is 317 g/mol. The number of benzene rings is 1. The smallest absolute Gasteiger partial charge is 0.410 e. The third-order valence-corrected chi connectivity index (χ3v) is 4.65. The van der Waals surface area contributed by atoms with Crippen molar-refractivity contribution in [1.29, 1.82) is 0 Å². The van der Waals surface area contributed by atoms with E-state index < -0.39 is 0 Å². The van der Waals surface area contributed by atoms with Crippen molar-refractivity contribution < 1.29 is 14.3 Å². The van der Waals surface area contributed by atoms with Crippen LogP contribution in [0, 0.1) is 0 Å². The number of nitrogens with zero attached hydrogens (tertiary/aromatic N) is 2. The first kappa shape index (κ1) is 15.8. The lowest BCUT2D eigenvalue weighted by Gasteiger charge is -2.36. The number of nitrogens with two attached hydrogens (primary N) is 1. The van der Waals surface area contributed by atoms with Crippen LogP contribution in [0.2, 0.25) is 0 Å². The molecule has 2 heterocycles. The maximum absolute atomic E-state index is 12.1. The maximum Gasteiger partial charge on any atom is 0.410 e. The van der Waals surface area contributed by atoms with E-state index in [9.17, 15) is 9.59 Å². The molecule has 2 aliphatic rings. The van der Waals surface area contributed by atoms with Gasteiger partial charge in [0.15, 0.2) is 0 Å². The van der Waals surface area contributed by atoms with Gasteiger partial charge < -0.3 is 20.3 Å². The van der Waals surface area contributed by atoms with Gasteiger partial charge in [0.25, 0.3) is 0 Å². The van der Waals surface area contributed by atoms with Crippen LogP contribution in [0.1, 0.15) is 24.8 Å². The Labute approximate surface area is 136 Å². The number of hydrogen-bond donors (Lipinski definition) is 1. The Morgan fingerprint density at radius 2 is 1.83 bits per heavy atom. The van der Waals surface area contributed by atoms with Crippen LogP contribution in [0.3, 0.4) is 0 Å². The van der Waals surface area contributed by atoms with Crippen LogP contribution in [0.4, 0.5) is 4.79 Å². The van der Waals surface area contributed by atoms with Crippen LogP contribution in [0.15, 0.2) is 30.3 Å². The quantitative estimate of drug-likeness (QED) is 0.913. The Morgan fingerprint density at radius 1 is 1.13 bits per heavy atom. The fourth-order valence-electron chi connectivity index (χ4n) is 3.26. The summed E-state index contributed by atoms with van der Waals surface area (Å²) >= 11 is 0. The zero-order valence-corrected chi connectivity index (χ0v) is 13.2. The molecule has 2 saturated heterocycles. The van der Waals surface area contributed by atoms with E-state index in [1.165, 1.54) is 0 Å². The number of amides is 2. The molecule has 0 bridgehead atoms. The van der Waals surface area contributed by atoms with Gasteiger partial charge in [-0.25, -0.2) is 4.79 Å². The molecule has 0 saturated carbocycles. The van der Waals surface area contributed by atoms with E-state index in [-0.39, 0.29) is 24.1 Å². The molecule has 124 valence electrons. The molecule has 2 aliphatic heterocycles. The van der Waals surface area contributed by atoms with Crippen molar-refractivity contribution in [2.45, 2.75) is 38.0 Å². The molecule has 0 spiro atoms. The highest BCUT2D eigenvalue weighted by Crippen LogP contribution is 2.22. The van der Waals surface area contributed by atoms with E-state index in [4.69, 9.17) is 10.5 Å². The van der Waals surface area contributed by atoms with E-state index in [2.05, 4.69) is 0 Å². The number of ether oxygens (including phenoxy) is 1. The number of hydrogen-bond acceptors (Lipinski definition) is 4. The molecule has 1 aromatic rings. The number of piperidine rings is 1. The minimum absolute atomic E-state index is 0.0510. The summed E-state index contributed by atoms with van der Waals surface area (Å²) in [6.45, 7) is 2.27. The predicted octanol–water partition coefficient (Wildman–Crippen LogP) is 1.35. The van der Waals surface area contributed by atoms with Crippen molar-refractivity contribution in [2.24, 2.45) is 5.73 Å². The Bertz CT molecular complexity index is 555. The van der Waals surface area contributed by atoms with Gasteiger partial charge in [-0.1, -0.05) is 30.3 Å². The second kappa shape index (κ2) is 7.00. The van der Waals surface area contributed by atoms with Gasteiger partial charge in [-0.2, -0.15) is 0 Å². The van der Waals surface area contributed by atoms with Crippen molar-refractivity contribution in [3.05, 3.63) is 35.9 Å². The highest BCUT2D eigenvalue weighted by molar-refractivity contribution is 5.84. The topological polar surface area (TPSA) is 75.9 Å². The first-order valence-corrected chi connectivity index (χ1v) is 8.17. The monoisotopic (exact) mass is 317 g/mol. The molecule has 6 heteroatoms. The number of rotatable bonds is 3. The van der Waals surface area contributed by atoms with Gasteiger partial charge in [0.1, 0.15) is 6.61 Å². The highest BCUT2D eigenvalue weighted by atomic mass is 16.6. The zero-order chi connectivity index (χ0) is 16.2. The summed E-state index contributed by atoms with van der Waals surface area (Å²) in [7, 11) is 0. The molecule has 1 atom stereocenters. The summed E-state index contributed by atoms with van der Waals surface area (Å²) in [5.74, 6) is 0.0510. The van der Waals surface area contributed by atoms with Gasteiger partial charge in [-0.15, -0.1) is 0 Å². The molecule has 0 aromatic heterocycles. The third-order valence-electron chi connectivity index (χ3n) is 4.65. The first-order chi connectivity index (χ1) is 11.1. The lowest BCUT2D eigenvalue weighted by atomic mass is 10.0. The number of carbonyl (C=O) groups is 2. The minimum Gasteiger partial charge on any atom is -0.445 e. The molecule has 23 heavy (non-hydrogen) atoms. The zero-order valence-electron chi connectivity index (χ0n) is 13.2. The fourth-order valence-corrected chi connectivity index (χ4v) is 3.26. The third kappa shape index (κ3) is 3.64. The highest BCUT2D eigenvalue weighted by Gasteiger charge is 2.36. The molecule has 6 nitrogen and oxygen atoms in total. The van der Waals surface area contributed by atoms with E-state index in [1.807, 2.05) is 35.2 Å². The fraction of sp³-hybridized carbons (Fsp3) is 0.529. The van der Waals surface area contributed by atoms with Crippen LogP contribution in [0.5, 0.6) is 0 Å². The molecular weight excluding hydrogens is 294 g/mol. The second-order valence-corrected chi connectivity index (χ2v) is 6.19. The summed E-state index contributed by atoms with van der Waals surface area (Å²) in [6, 6.07) is 9.50. The van der Waals surface area contributed by atoms with Crippen molar-refractivity contribution in [3.63, 3.8) is 0 Å². The molecule has 0 aliphatic carbocycles.